The van der Waals surface area contributed by atoms with Gasteiger partial charge in [-0.05, 0) is 18.6 Å². The number of methoxy groups -OCH3 is 1. The van der Waals surface area contributed by atoms with E-state index < -0.39 is 0 Å². The van der Waals surface area contributed by atoms with Crippen molar-refractivity contribution in [1.29, 1.82) is 0 Å². The summed E-state index contributed by atoms with van der Waals surface area (Å²) in [6.07, 6.45) is 2.18. The molecule has 0 N–H and O–H groups in total. The van der Waals surface area contributed by atoms with Gasteiger partial charge in [-0.1, -0.05) is 0 Å². The Kier molecular flexibility index (Phi) is 6.45. The Balaban J connectivity index is 2.37. The van der Waals surface area contributed by atoms with Gasteiger partial charge in [0.2, 0.25) is 5.91 Å². The molecule has 0 aromatic carbocycles. The molecule has 0 spiro atoms. The lowest BCUT2D eigenvalue weighted by molar-refractivity contribution is -0.141. The summed E-state index contributed by atoms with van der Waals surface area (Å²) >= 11 is 0. The summed E-state index contributed by atoms with van der Waals surface area (Å²) < 4.78 is 9.52. The van der Waals surface area contributed by atoms with Crippen LogP contribution in [-0.4, -0.2) is 61.9 Å². The summed E-state index contributed by atoms with van der Waals surface area (Å²) in [4.78, 5) is 37.6. The maximum Gasteiger partial charge on any atom is 0.305 e. The van der Waals surface area contributed by atoms with Gasteiger partial charge in [0.25, 0.3) is 5.91 Å². The Bertz CT molecular complexity index is 484. The van der Waals surface area contributed by atoms with E-state index in [1.54, 1.807) is 19.2 Å². The van der Waals surface area contributed by atoms with E-state index in [4.69, 9.17) is 4.42 Å². The second-order valence-electron chi connectivity index (χ2n) is 4.63. The standard InChI is InChI=1S/C14H20N2O5/c1-15(8-4-7-13(18)20-3)12(17)10-16(2)14(19)11-6-5-9-21-11/h5-6,9H,4,7-8,10H2,1-3H3. The van der Waals surface area contributed by atoms with Gasteiger partial charge in [-0.3, -0.25) is 14.4 Å². The van der Waals surface area contributed by atoms with Crippen molar-refractivity contribution in [3.63, 3.8) is 0 Å². The number of hydrogen-bond donors (Lipinski definition) is 0. The molecule has 2 amide bonds. The van der Waals surface area contributed by atoms with Gasteiger partial charge >= 0.3 is 5.97 Å². The molecule has 1 heterocycles. The Morgan fingerprint density at radius 2 is 1.95 bits per heavy atom. The largest absolute Gasteiger partial charge is 0.469 e. The number of furan rings is 1. The summed E-state index contributed by atoms with van der Waals surface area (Å²) in [7, 11) is 4.49. The van der Waals surface area contributed by atoms with Crippen molar-refractivity contribution in [3.05, 3.63) is 24.2 Å². The minimum atomic E-state index is -0.351. The third kappa shape index (κ3) is 5.29. The minimum Gasteiger partial charge on any atom is -0.469 e. The first-order chi connectivity index (χ1) is 9.95. The van der Waals surface area contributed by atoms with E-state index in [-0.39, 0.29) is 36.5 Å². The number of hydrogen-bond acceptors (Lipinski definition) is 5. The van der Waals surface area contributed by atoms with Crippen molar-refractivity contribution in [2.24, 2.45) is 0 Å². The van der Waals surface area contributed by atoms with Gasteiger partial charge in [0.1, 0.15) is 0 Å². The van der Waals surface area contributed by atoms with E-state index in [1.807, 2.05) is 0 Å². The Labute approximate surface area is 123 Å². The monoisotopic (exact) mass is 296 g/mol. The van der Waals surface area contributed by atoms with Crippen LogP contribution >= 0.6 is 0 Å². The highest BCUT2D eigenvalue weighted by atomic mass is 16.5. The van der Waals surface area contributed by atoms with Crippen LogP contribution in [0.2, 0.25) is 0 Å². The highest BCUT2D eigenvalue weighted by molar-refractivity contribution is 5.94. The lowest BCUT2D eigenvalue weighted by atomic mass is 10.3. The Hall–Kier alpha value is -2.31. The molecule has 21 heavy (non-hydrogen) atoms. The van der Waals surface area contributed by atoms with Crippen molar-refractivity contribution < 1.29 is 23.5 Å². The Morgan fingerprint density at radius 3 is 2.52 bits per heavy atom. The van der Waals surface area contributed by atoms with E-state index in [2.05, 4.69) is 4.74 Å². The maximum absolute atomic E-state index is 12.0. The molecule has 0 saturated heterocycles. The van der Waals surface area contributed by atoms with Crippen molar-refractivity contribution in [3.8, 4) is 0 Å². The first-order valence-corrected chi connectivity index (χ1v) is 6.55. The molecule has 0 bridgehead atoms. The van der Waals surface area contributed by atoms with Crippen LogP contribution < -0.4 is 0 Å². The zero-order valence-corrected chi connectivity index (χ0v) is 12.5. The molecule has 0 aliphatic heterocycles. The molecule has 0 saturated carbocycles. The number of esters is 1. The molecular formula is C14H20N2O5. The summed E-state index contributed by atoms with van der Waals surface area (Å²) in [5.41, 5.74) is 0. The fourth-order valence-corrected chi connectivity index (χ4v) is 1.67. The maximum atomic E-state index is 12.0. The molecule has 0 unspecified atom stereocenters. The van der Waals surface area contributed by atoms with Gasteiger partial charge in [-0.25, -0.2) is 0 Å². The third-order valence-electron chi connectivity index (χ3n) is 2.98. The minimum absolute atomic E-state index is 0.0474. The third-order valence-corrected chi connectivity index (χ3v) is 2.98. The van der Waals surface area contributed by atoms with Crippen LogP contribution in [0.1, 0.15) is 23.4 Å². The topological polar surface area (TPSA) is 80.1 Å². The van der Waals surface area contributed by atoms with Crippen molar-refractivity contribution in [2.75, 3.05) is 34.3 Å². The van der Waals surface area contributed by atoms with E-state index >= 15 is 0 Å². The second-order valence-corrected chi connectivity index (χ2v) is 4.63. The quantitative estimate of drug-likeness (QED) is 0.694. The van der Waals surface area contributed by atoms with Gasteiger partial charge in [-0.15, -0.1) is 0 Å². The van der Waals surface area contributed by atoms with Crippen molar-refractivity contribution in [2.45, 2.75) is 12.8 Å². The zero-order chi connectivity index (χ0) is 15.8. The number of likely N-dealkylation sites (N-methyl/N-ethyl adjacent to an activating group) is 2. The lowest BCUT2D eigenvalue weighted by Crippen LogP contribution is -2.39. The lowest BCUT2D eigenvalue weighted by Gasteiger charge is -2.21. The molecule has 1 rings (SSSR count). The van der Waals surface area contributed by atoms with E-state index in [0.29, 0.717) is 13.0 Å². The smallest absolute Gasteiger partial charge is 0.305 e. The molecule has 0 atom stereocenters. The normalized spacial score (nSPS) is 10.0. The van der Waals surface area contributed by atoms with Crippen molar-refractivity contribution in [1.82, 2.24) is 9.80 Å². The first kappa shape index (κ1) is 16.7. The summed E-state index contributed by atoms with van der Waals surface area (Å²) in [5, 5.41) is 0. The fourth-order valence-electron chi connectivity index (χ4n) is 1.67. The number of rotatable bonds is 7. The first-order valence-electron chi connectivity index (χ1n) is 6.55. The summed E-state index contributed by atoms with van der Waals surface area (Å²) in [6.45, 7) is 0.380. The van der Waals surface area contributed by atoms with Crippen LogP contribution in [0.15, 0.2) is 22.8 Å². The average molecular weight is 296 g/mol. The van der Waals surface area contributed by atoms with Crippen LogP contribution in [-0.2, 0) is 14.3 Å². The van der Waals surface area contributed by atoms with E-state index in [1.165, 1.54) is 30.2 Å². The molecule has 7 nitrogen and oxygen atoms in total. The number of carbonyl (C=O) groups is 3. The second kappa shape index (κ2) is 8.08. The van der Waals surface area contributed by atoms with Crippen molar-refractivity contribution >= 4 is 17.8 Å². The number of carbonyl (C=O) groups excluding carboxylic acids is 3. The zero-order valence-electron chi connectivity index (χ0n) is 12.5. The van der Waals surface area contributed by atoms with Gasteiger partial charge in [0, 0.05) is 27.1 Å². The van der Waals surface area contributed by atoms with Gasteiger partial charge < -0.3 is 19.0 Å². The molecule has 7 heteroatoms. The summed E-state index contributed by atoms with van der Waals surface area (Å²) in [6, 6.07) is 3.16. The molecular weight excluding hydrogens is 276 g/mol. The molecule has 0 aliphatic carbocycles. The number of amides is 2. The van der Waals surface area contributed by atoms with Gasteiger partial charge in [0.05, 0.1) is 19.9 Å². The van der Waals surface area contributed by atoms with Gasteiger partial charge in [-0.2, -0.15) is 0 Å². The van der Waals surface area contributed by atoms with E-state index in [9.17, 15) is 14.4 Å². The highest BCUT2D eigenvalue weighted by Crippen LogP contribution is 2.04. The van der Waals surface area contributed by atoms with Crippen LogP contribution in [0.4, 0.5) is 0 Å². The van der Waals surface area contributed by atoms with Crippen LogP contribution in [0.3, 0.4) is 0 Å². The Morgan fingerprint density at radius 1 is 1.24 bits per heavy atom. The highest BCUT2D eigenvalue weighted by Gasteiger charge is 2.19. The molecule has 0 fully saturated rings. The number of ether oxygens (including phenoxy) is 1. The molecule has 0 radical (unpaired) electrons. The van der Waals surface area contributed by atoms with Crippen LogP contribution in [0.25, 0.3) is 0 Å². The van der Waals surface area contributed by atoms with Crippen LogP contribution in [0, 0.1) is 0 Å². The molecule has 1 aromatic rings. The van der Waals surface area contributed by atoms with E-state index in [0.717, 1.165) is 0 Å². The molecule has 116 valence electrons. The predicted molar refractivity (Wildman–Crippen MR) is 74.6 cm³/mol. The van der Waals surface area contributed by atoms with Gasteiger partial charge in [0.15, 0.2) is 5.76 Å². The summed E-state index contributed by atoms with van der Waals surface area (Å²) in [5.74, 6) is -0.668. The molecule has 1 aromatic heterocycles. The molecule has 0 aliphatic rings. The van der Waals surface area contributed by atoms with Crippen LogP contribution in [0.5, 0.6) is 0 Å². The SMILES string of the molecule is COC(=O)CCCN(C)C(=O)CN(C)C(=O)c1ccco1. The average Bonchev–Trinajstić information content (AvgIpc) is 2.99. The predicted octanol–water partition coefficient (Wildman–Crippen LogP) is 0.763. The fraction of sp³-hybridized carbons (Fsp3) is 0.500. The number of nitrogens with zero attached hydrogens (tertiary/aromatic N) is 2.